The van der Waals surface area contributed by atoms with E-state index in [4.69, 9.17) is 5.11 Å². The number of carbonyl (C=O) groups excluding carboxylic acids is 1. The van der Waals surface area contributed by atoms with Crippen molar-refractivity contribution >= 4 is 12.0 Å². The minimum atomic E-state index is -0.751. The number of hydrogen-bond donors (Lipinski definition) is 1. The molecule has 5 nitrogen and oxygen atoms in total. The minimum absolute atomic E-state index is 0.0778. The molecule has 0 aromatic rings. The van der Waals surface area contributed by atoms with Gasteiger partial charge in [0.2, 0.25) is 0 Å². The number of amides is 2. The Kier molecular flexibility index (Phi) is 6.12. The standard InChI is InChI=1S/C14H26N2O3/c1-4-7-15(3)14(19)16-8-5-6-12(10-16)11(2)9-13(17)18/h11-12H,4-10H2,1-3H3,(H,17,18). The zero-order chi connectivity index (χ0) is 14.4. The van der Waals surface area contributed by atoms with Gasteiger partial charge in [-0.2, -0.15) is 0 Å². The number of rotatable bonds is 5. The number of hydrogen-bond acceptors (Lipinski definition) is 2. The fourth-order valence-electron chi connectivity index (χ4n) is 2.76. The van der Waals surface area contributed by atoms with Gasteiger partial charge in [-0.1, -0.05) is 13.8 Å². The van der Waals surface area contributed by atoms with Gasteiger partial charge in [-0.25, -0.2) is 4.79 Å². The summed E-state index contributed by atoms with van der Waals surface area (Å²) in [5, 5.41) is 8.86. The summed E-state index contributed by atoms with van der Waals surface area (Å²) in [6.07, 6.45) is 3.14. The number of urea groups is 1. The summed E-state index contributed by atoms with van der Waals surface area (Å²) in [7, 11) is 1.83. The molecule has 1 fully saturated rings. The maximum atomic E-state index is 12.2. The lowest BCUT2D eigenvalue weighted by Crippen LogP contribution is -2.47. The molecule has 2 amide bonds. The summed E-state index contributed by atoms with van der Waals surface area (Å²) < 4.78 is 0. The molecule has 1 saturated heterocycles. The lowest BCUT2D eigenvalue weighted by Gasteiger charge is -2.37. The van der Waals surface area contributed by atoms with E-state index in [1.54, 1.807) is 4.90 Å². The van der Waals surface area contributed by atoms with Gasteiger partial charge >= 0.3 is 12.0 Å². The SMILES string of the molecule is CCCN(C)C(=O)N1CCCC(C(C)CC(=O)O)C1. The van der Waals surface area contributed by atoms with E-state index in [0.717, 1.165) is 32.4 Å². The predicted octanol–water partition coefficient (Wildman–Crippen LogP) is 2.27. The van der Waals surface area contributed by atoms with Gasteiger partial charge in [-0.3, -0.25) is 4.79 Å². The number of aliphatic carboxylic acids is 1. The van der Waals surface area contributed by atoms with Crippen LogP contribution in [0, 0.1) is 11.8 Å². The van der Waals surface area contributed by atoms with Crippen LogP contribution in [-0.4, -0.2) is 53.6 Å². The molecule has 0 spiro atoms. The number of nitrogens with zero attached hydrogens (tertiary/aromatic N) is 2. The second kappa shape index (κ2) is 7.36. The van der Waals surface area contributed by atoms with Crippen LogP contribution in [0.5, 0.6) is 0 Å². The zero-order valence-corrected chi connectivity index (χ0v) is 12.3. The van der Waals surface area contributed by atoms with Gasteiger partial charge in [0.05, 0.1) is 0 Å². The molecule has 110 valence electrons. The van der Waals surface area contributed by atoms with Crippen molar-refractivity contribution in [3.8, 4) is 0 Å². The normalized spacial score (nSPS) is 21.0. The largest absolute Gasteiger partial charge is 0.481 e. The molecule has 0 aliphatic carbocycles. The van der Waals surface area contributed by atoms with Gasteiger partial charge in [0.15, 0.2) is 0 Å². The Labute approximate surface area is 115 Å². The van der Waals surface area contributed by atoms with E-state index in [1.807, 2.05) is 18.9 Å². The third kappa shape index (κ3) is 4.73. The minimum Gasteiger partial charge on any atom is -0.481 e. The molecule has 0 aromatic heterocycles. The first-order chi connectivity index (χ1) is 8.95. The van der Waals surface area contributed by atoms with Crippen molar-refractivity contribution < 1.29 is 14.7 Å². The van der Waals surface area contributed by atoms with Crippen molar-refractivity contribution in [1.82, 2.24) is 9.80 Å². The van der Waals surface area contributed by atoms with Crippen molar-refractivity contribution in [1.29, 1.82) is 0 Å². The first-order valence-corrected chi connectivity index (χ1v) is 7.17. The van der Waals surface area contributed by atoms with Gasteiger partial charge in [0.25, 0.3) is 0 Å². The third-order valence-electron chi connectivity index (χ3n) is 3.92. The molecule has 1 aliphatic heterocycles. The van der Waals surface area contributed by atoms with Gasteiger partial charge in [0, 0.05) is 33.1 Å². The van der Waals surface area contributed by atoms with Crippen LogP contribution in [0.1, 0.15) is 39.5 Å². The van der Waals surface area contributed by atoms with E-state index < -0.39 is 5.97 Å². The van der Waals surface area contributed by atoms with Crippen LogP contribution < -0.4 is 0 Å². The van der Waals surface area contributed by atoms with Crippen molar-refractivity contribution in [3.05, 3.63) is 0 Å². The van der Waals surface area contributed by atoms with Crippen LogP contribution in [0.2, 0.25) is 0 Å². The second-order valence-electron chi connectivity index (χ2n) is 5.63. The number of carboxylic acid groups (broad SMARTS) is 1. The van der Waals surface area contributed by atoms with Crippen molar-refractivity contribution in [2.75, 3.05) is 26.7 Å². The summed E-state index contributed by atoms with van der Waals surface area (Å²) in [5.74, 6) is -0.313. The Morgan fingerprint density at radius 3 is 2.74 bits per heavy atom. The lowest BCUT2D eigenvalue weighted by atomic mass is 9.85. The fraction of sp³-hybridized carbons (Fsp3) is 0.857. The fourth-order valence-corrected chi connectivity index (χ4v) is 2.76. The van der Waals surface area contributed by atoms with Crippen LogP contribution in [0.3, 0.4) is 0 Å². The molecule has 2 atom stereocenters. The molecule has 0 bridgehead atoms. The quantitative estimate of drug-likeness (QED) is 0.833. The molecule has 1 heterocycles. The number of likely N-dealkylation sites (tertiary alicyclic amines) is 1. The summed E-state index contributed by atoms with van der Waals surface area (Å²) in [6.45, 7) is 6.29. The van der Waals surface area contributed by atoms with E-state index in [2.05, 4.69) is 6.92 Å². The van der Waals surface area contributed by atoms with Crippen molar-refractivity contribution in [2.24, 2.45) is 11.8 Å². The number of carboxylic acids is 1. The lowest BCUT2D eigenvalue weighted by molar-refractivity contribution is -0.138. The topological polar surface area (TPSA) is 60.9 Å². The van der Waals surface area contributed by atoms with Crippen LogP contribution >= 0.6 is 0 Å². The molecule has 1 rings (SSSR count). The van der Waals surface area contributed by atoms with Gasteiger partial charge in [-0.15, -0.1) is 0 Å². The third-order valence-corrected chi connectivity index (χ3v) is 3.92. The van der Waals surface area contributed by atoms with Crippen molar-refractivity contribution in [2.45, 2.75) is 39.5 Å². The molecule has 5 heteroatoms. The van der Waals surface area contributed by atoms with Crippen LogP contribution in [-0.2, 0) is 4.79 Å². The van der Waals surface area contributed by atoms with Crippen LogP contribution in [0.15, 0.2) is 0 Å². The molecular weight excluding hydrogens is 244 g/mol. The average Bonchev–Trinajstić information content (AvgIpc) is 2.37. The highest BCUT2D eigenvalue weighted by Gasteiger charge is 2.29. The molecule has 0 saturated carbocycles. The van der Waals surface area contributed by atoms with E-state index in [1.165, 1.54) is 0 Å². The Bertz CT molecular complexity index is 320. The summed E-state index contributed by atoms with van der Waals surface area (Å²) in [4.78, 5) is 26.6. The average molecular weight is 270 g/mol. The van der Waals surface area contributed by atoms with E-state index >= 15 is 0 Å². The molecule has 0 aromatic carbocycles. The Balaban J connectivity index is 2.54. The first-order valence-electron chi connectivity index (χ1n) is 7.17. The molecule has 0 radical (unpaired) electrons. The number of piperidine rings is 1. The highest BCUT2D eigenvalue weighted by Crippen LogP contribution is 2.26. The highest BCUT2D eigenvalue weighted by molar-refractivity contribution is 5.74. The molecule has 1 N–H and O–H groups in total. The maximum Gasteiger partial charge on any atom is 0.319 e. The molecule has 2 unspecified atom stereocenters. The van der Waals surface area contributed by atoms with Gasteiger partial charge in [-0.05, 0) is 31.1 Å². The second-order valence-corrected chi connectivity index (χ2v) is 5.63. The zero-order valence-electron chi connectivity index (χ0n) is 12.3. The van der Waals surface area contributed by atoms with E-state index in [9.17, 15) is 9.59 Å². The molecule has 19 heavy (non-hydrogen) atoms. The first kappa shape index (κ1) is 15.8. The van der Waals surface area contributed by atoms with Crippen LogP contribution in [0.25, 0.3) is 0 Å². The van der Waals surface area contributed by atoms with E-state index in [0.29, 0.717) is 12.5 Å². The monoisotopic (exact) mass is 270 g/mol. The summed E-state index contributed by atoms with van der Waals surface area (Å²) in [6, 6.07) is 0.0778. The Morgan fingerprint density at radius 2 is 2.16 bits per heavy atom. The summed E-state index contributed by atoms with van der Waals surface area (Å²) >= 11 is 0. The molecule has 1 aliphatic rings. The molecular formula is C14H26N2O3. The Morgan fingerprint density at radius 1 is 1.47 bits per heavy atom. The highest BCUT2D eigenvalue weighted by atomic mass is 16.4. The van der Waals surface area contributed by atoms with Crippen LogP contribution in [0.4, 0.5) is 4.79 Å². The smallest absolute Gasteiger partial charge is 0.319 e. The van der Waals surface area contributed by atoms with E-state index in [-0.39, 0.29) is 18.4 Å². The Hall–Kier alpha value is -1.26. The van der Waals surface area contributed by atoms with Crippen molar-refractivity contribution in [3.63, 3.8) is 0 Å². The van der Waals surface area contributed by atoms with Gasteiger partial charge in [0.1, 0.15) is 0 Å². The maximum absolute atomic E-state index is 12.2. The predicted molar refractivity (Wildman–Crippen MR) is 74.0 cm³/mol. The number of carbonyl (C=O) groups is 2. The van der Waals surface area contributed by atoms with Gasteiger partial charge < -0.3 is 14.9 Å². The summed E-state index contributed by atoms with van der Waals surface area (Å²) in [5.41, 5.74) is 0.